The van der Waals surface area contributed by atoms with Crippen molar-refractivity contribution in [3.8, 4) is 0 Å². The maximum absolute atomic E-state index is 12.4. The van der Waals surface area contributed by atoms with E-state index in [9.17, 15) is 13.6 Å². The number of halogens is 4. The van der Waals surface area contributed by atoms with Gasteiger partial charge in [-0.15, -0.1) is 11.6 Å². The fraction of sp³-hybridized carbons (Fsp3) is 0.286. The molecule has 1 heterocycles. The fourth-order valence-corrected chi connectivity index (χ4v) is 1.78. The number of nitrogens with one attached hydrogen (secondary N) is 1. The maximum Gasteiger partial charge on any atom is 0.266 e. The lowest BCUT2D eigenvalue weighted by Gasteiger charge is -2.06. The average Bonchev–Trinajstić information content (AvgIpc) is 2.01. The highest BCUT2D eigenvalue weighted by Crippen LogP contribution is 2.28. The standard InChI is InChI=1S/C7H5BrClF2NO/c8-6-5(7(10)11)3(2-9)1-4(13)12-6/h1,7H,2H2,(H,12,13). The molecule has 2 nitrogen and oxygen atoms in total. The van der Waals surface area contributed by atoms with Crippen LogP contribution in [-0.2, 0) is 5.88 Å². The Hall–Kier alpha value is -0.420. The first-order valence-electron chi connectivity index (χ1n) is 3.32. The lowest BCUT2D eigenvalue weighted by Crippen LogP contribution is -2.09. The summed E-state index contributed by atoms with van der Waals surface area (Å²) in [6, 6.07) is 1.07. The summed E-state index contributed by atoms with van der Waals surface area (Å²) in [7, 11) is 0. The molecule has 6 heteroatoms. The van der Waals surface area contributed by atoms with Crippen molar-refractivity contribution in [2.75, 3.05) is 0 Å². The van der Waals surface area contributed by atoms with Gasteiger partial charge in [0.15, 0.2) is 0 Å². The minimum absolute atomic E-state index is 0.00866. The number of aromatic amines is 1. The van der Waals surface area contributed by atoms with Crippen LogP contribution in [0.2, 0.25) is 0 Å². The van der Waals surface area contributed by atoms with Crippen LogP contribution in [0.3, 0.4) is 0 Å². The predicted octanol–water partition coefficient (Wildman–Crippen LogP) is 2.81. The molecule has 0 atom stereocenters. The molecule has 0 aliphatic heterocycles. The van der Waals surface area contributed by atoms with E-state index >= 15 is 0 Å². The predicted molar refractivity (Wildman–Crippen MR) is 49.3 cm³/mol. The number of hydrogen-bond donors (Lipinski definition) is 1. The van der Waals surface area contributed by atoms with Gasteiger partial charge in [0.2, 0.25) is 5.56 Å². The van der Waals surface area contributed by atoms with Crippen LogP contribution in [0.5, 0.6) is 0 Å². The maximum atomic E-state index is 12.4. The van der Waals surface area contributed by atoms with Crippen molar-refractivity contribution in [1.29, 1.82) is 0 Å². The molecule has 0 fully saturated rings. The van der Waals surface area contributed by atoms with Crippen LogP contribution in [-0.4, -0.2) is 4.98 Å². The Morgan fingerprint density at radius 1 is 1.62 bits per heavy atom. The number of rotatable bonds is 2. The highest BCUT2D eigenvalue weighted by molar-refractivity contribution is 9.10. The lowest BCUT2D eigenvalue weighted by atomic mass is 10.2. The molecule has 0 unspecified atom stereocenters. The number of aromatic nitrogens is 1. The SMILES string of the molecule is O=c1cc(CCl)c(C(F)F)c(Br)[nH]1. The third-order valence-corrected chi connectivity index (χ3v) is 2.40. The molecule has 0 amide bonds. The summed E-state index contributed by atoms with van der Waals surface area (Å²) < 4.78 is 24.8. The summed E-state index contributed by atoms with van der Waals surface area (Å²) in [6.07, 6.45) is -2.65. The van der Waals surface area contributed by atoms with E-state index in [2.05, 4.69) is 20.9 Å². The van der Waals surface area contributed by atoms with Crippen LogP contribution in [0, 0.1) is 0 Å². The zero-order valence-corrected chi connectivity index (χ0v) is 8.62. The van der Waals surface area contributed by atoms with Gasteiger partial charge in [0, 0.05) is 11.9 Å². The van der Waals surface area contributed by atoms with Crippen molar-refractivity contribution in [2.24, 2.45) is 0 Å². The van der Waals surface area contributed by atoms with Gasteiger partial charge in [-0.05, 0) is 21.5 Å². The Balaban J connectivity index is 3.38. The van der Waals surface area contributed by atoms with E-state index in [1.807, 2.05) is 0 Å². The van der Waals surface area contributed by atoms with Crippen molar-refractivity contribution in [1.82, 2.24) is 4.98 Å². The Kier molecular flexibility index (Phi) is 3.44. The average molecular weight is 272 g/mol. The zero-order chi connectivity index (χ0) is 10.0. The largest absolute Gasteiger partial charge is 0.316 e. The van der Waals surface area contributed by atoms with Crippen LogP contribution in [0.15, 0.2) is 15.5 Å². The highest BCUT2D eigenvalue weighted by atomic mass is 79.9. The number of hydrogen-bond acceptors (Lipinski definition) is 1. The van der Waals surface area contributed by atoms with E-state index in [-0.39, 0.29) is 21.6 Å². The zero-order valence-electron chi connectivity index (χ0n) is 6.28. The van der Waals surface area contributed by atoms with Gasteiger partial charge in [0.05, 0.1) is 10.2 Å². The first-order valence-corrected chi connectivity index (χ1v) is 4.64. The number of H-pyrrole nitrogens is 1. The molecule has 0 aliphatic carbocycles. The second-order valence-corrected chi connectivity index (χ2v) is 3.38. The van der Waals surface area contributed by atoms with Crippen molar-refractivity contribution >= 4 is 27.5 Å². The molecule has 0 aliphatic rings. The van der Waals surface area contributed by atoms with Crippen molar-refractivity contribution in [2.45, 2.75) is 12.3 Å². The minimum Gasteiger partial charge on any atom is -0.316 e. The summed E-state index contributed by atoms with van der Waals surface area (Å²) >= 11 is 8.26. The molecule has 0 saturated heterocycles. The highest BCUT2D eigenvalue weighted by Gasteiger charge is 2.17. The molecule has 72 valence electrons. The van der Waals surface area contributed by atoms with Crippen LogP contribution in [0.25, 0.3) is 0 Å². The second-order valence-electron chi connectivity index (χ2n) is 2.32. The van der Waals surface area contributed by atoms with Gasteiger partial charge >= 0.3 is 0 Å². The lowest BCUT2D eigenvalue weighted by molar-refractivity contribution is 0.149. The summed E-state index contributed by atoms with van der Waals surface area (Å²) in [6.45, 7) is 0. The van der Waals surface area contributed by atoms with Crippen molar-refractivity contribution < 1.29 is 8.78 Å². The Morgan fingerprint density at radius 3 is 2.69 bits per heavy atom. The summed E-state index contributed by atoms with van der Waals surface area (Å²) in [5.74, 6) is -0.109. The molecule has 1 aromatic rings. The monoisotopic (exact) mass is 271 g/mol. The van der Waals surface area contributed by atoms with Crippen LogP contribution >= 0.6 is 27.5 Å². The van der Waals surface area contributed by atoms with Gasteiger partial charge in [-0.3, -0.25) is 4.79 Å². The summed E-state index contributed by atoms with van der Waals surface area (Å²) in [5, 5.41) is 0. The molecule has 0 bridgehead atoms. The van der Waals surface area contributed by atoms with E-state index < -0.39 is 12.0 Å². The van der Waals surface area contributed by atoms with Gasteiger partial charge in [-0.25, -0.2) is 8.78 Å². The Bertz CT molecular complexity index is 366. The second kappa shape index (κ2) is 4.19. The Labute approximate surface area is 86.0 Å². The van der Waals surface area contributed by atoms with Crippen LogP contribution in [0.1, 0.15) is 17.6 Å². The summed E-state index contributed by atoms with van der Waals surface area (Å²) in [5.41, 5.74) is -0.561. The summed E-state index contributed by atoms with van der Waals surface area (Å²) in [4.78, 5) is 13.1. The van der Waals surface area contributed by atoms with E-state index in [1.165, 1.54) is 0 Å². The van der Waals surface area contributed by atoms with Gasteiger partial charge in [0.1, 0.15) is 0 Å². The van der Waals surface area contributed by atoms with E-state index in [0.717, 1.165) is 6.07 Å². The van der Waals surface area contributed by atoms with Crippen molar-refractivity contribution in [3.05, 3.63) is 32.2 Å². The number of alkyl halides is 3. The van der Waals surface area contributed by atoms with Gasteiger partial charge in [0.25, 0.3) is 6.43 Å². The molecular weight excluding hydrogens is 267 g/mol. The molecule has 1 aromatic heterocycles. The molecule has 0 aromatic carbocycles. The van der Waals surface area contributed by atoms with Gasteiger partial charge in [-0.2, -0.15) is 0 Å². The smallest absolute Gasteiger partial charge is 0.266 e. The third-order valence-electron chi connectivity index (χ3n) is 1.48. The molecule has 0 saturated carbocycles. The quantitative estimate of drug-likeness (QED) is 0.652. The van der Waals surface area contributed by atoms with Crippen LogP contribution < -0.4 is 5.56 Å². The van der Waals surface area contributed by atoms with Crippen LogP contribution in [0.4, 0.5) is 8.78 Å². The molecule has 0 radical (unpaired) electrons. The molecule has 1 rings (SSSR count). The van der Waals surface area contributed by atoms with E-state index in [4.69, 9.17) is 11.6 Å². The fourth-order valence-electron chi connectivity index (χ4n) is 0.935. The first-order chi connectivity index (χ1) is 6.06. The molecule has 1 N–H and O–H groups in total. The minimum atomic E-state index is -2.65. The van der Waals surface area contributed by atoms with E-state index in [0.29, 0.717) is 0 Å². The molecular formula is C7H5BrClF2NO. The van der Waals surface area contributed by atoms with Crippen molar-refractivity contribution in [3.63, 3.8) is 0 Å². The molecule has 13 heavy (non-hydrogen) atoms. The number of pyridine rings is 1. The Morgan fingerprint density at radius 2 is 2.23 bits per heavy atom. The molecule has 0 spiro atoms. The third kappa shape index (κ3) is 2.28. The normalized spacial score (nSPS) is 10.8. The van der Waals surface area contributed by atoms with Gasteiger partial charge < -0.3 is 4.98 Å². The van der Waals surface area contributed by atoms with E-state index in [1.54, 1.807) is 0 Å². The topological polar surface area (TPSA) is 32.9 Å². The van der Waals surface area contributed by atoms with Gasteiger partial charge in [-0.1, -0.05) is 0 Å². The first kappa shape index (κ1) is 10.7.